The Hall–Kier alpha value is -1.40. The van der Waals surface area contributed by atoms with E-state index in [0.717, 1.165) is 16.5 Å². The van der Waals surface area contributed by atoms with Crippen molar-refractivity contribution in [3.05, 3.63) is 34.3 Å². The number of carbonyl (C=O) groups excluding carboxylic acids is 2. The third-order valence-electron chi connectivity index (χ3n) is 3.28. The fraction of sp³-hybridized carbons (Fsp3) is 0.500. The van der Waals surface area contributed by atoms with Crippen LogP contribution in [0.15, 0.2) is 28.7 Å². The van der Waals surface area contributed by atoms with Crippen molar-refractivity contribution < 1.29 is 9.59 Å². The van der Waals surface area contributed by atoms with Crippen molar-refractivity contribution in [2.75, 3.05) is 6.54 Å². The average Bonchev–Trinajstić information content (AvgIpc) is 2.43. The molecule has 0 bridgehead atoms. The van der Waals surface area contributed by atoms with E-state index >= 15 is 0 Å². The molecule has 0 heterocycles. The summed E-state index contributed by atoms with van der Waals surface area (Å²) in [7, 11) is 0. The summed E-state index contributed by atoms with van der Waals surface area (Å²) in [5, 5.41) is 5.42. The highest BCUT2D eigenvalue weighted by atomic mass is 79.9. The van der Waals surface area contributed by atoms with Crippen LogP contribution in [0.3, 0.4) is 0 Å². The number of nitrogens with one attached hydrogen (secondary N) is 2. The van der Waals surface area contributed by atoms with Gasteiger partial charge in [0.25, 0.3) is 0 Å². The van der Waals surface area contributed by atoms with Crippen molar-refractivity contribution in [3.8, 4) is 0 Å². The molecule has 4 N–H and O–H groups in total. The summed E-state index contributed by atoms with van der Waals surface area (Å²) >= 11 is 3.42. The lowest BCUT2D eigenvalue weighted by atomic mass is 10.1. The van der Waals surface area contributed by atoms with Crippen LogP contribution in [-0.2, 0) is 16.0 Å². The molecule has 0 saturated carbocycles. The number of hydrogen-bond donors (Lipinski definition) is 3. The molecule has 0 fully saturated rings. The van der Waals surface area contributed by atoms with Crippen molar-refractivity contribution >= 4 is 27.7 Å². The number of amides is 2. The maximum atomic E-state index is 11.8. The van der Waals surface area contributed by atoms with Gasteiger partial charge in [0, 0.05) is 10.5 Å². The van der Waals surface area contributed by atoms with E-state index in [1.807, 2.05) is 45.0 Å². The Morgan fingerprint density at radius 1 is 1.27 bits per heavy atom. The predicted molar refractivity (Wildman–Crippen MR) is 91.3 cm³/mol. The molecule has 5 nitrogen and oxygen atoms in total. The fourth-order valence-electron chi connectivity index (χ4n) is 1.98. The quantitative estimate of drug-likeness (QED) is 0.682. The lowest BCUT2D eigenvalue weighted by Crippen LogP contribution is -2.48. The minimum absolute atomic E-state index is 0.0162. The van der Waals surface area contributed by atoms with Gasteiger partial charge < -0.3 is 16.4 Å². The molecule has 2 amide bonds. The number of nitrogens with two attached hydrogens (primary N) is 1. The zero-order chi connectivity index (χ0) is 16.7. The second-order valence-electron chi connectivity index (χ2n) is 5.79. The number of hydrogen-bond acceptors (Lipinski definition) is 3. The second kappa shape index (κ2) is 8.90. The first kappa shape index (κ1) is 18.6. The molecule has 0 radical (unpaired) electrons. The van der Waals surface area contributed by atoms with Crippen molar-refractivity contribution in [2.24, 2.45) is 11.7 Å². The van der Waals surface area contributed by atoms with Crippen molar-refractivity contribution in [1.29, 1.82) is 0 Å². The van der Waals surface area contributed by atoms with Gasteiger partial charge in [0.15, 0.2) is 0 Å². The van der Waals surface area contributed by atoms with E-state index in [9.17, 15) is 9.59 Å². The monoisotopic (exact) mass is 369 g/mol. The van der Waals surface area contributed by atoms with E-state index in [1.54, 1.807) is 0 Å². The van der Waals surface area contributed by atoms with E-state index in [1.165, 1.54) is 0 Å². The van der Waals surface area contributed by atoms with Gasteiger partial charge in [0.2, 0.25) is 11.8 Å². The fourth-order valence-corrected chi connectivity index (χ4v) is 2.43. The summed E-state index contributed by atoms with van der Waals surface area (Å²) in [6.07, 6.45) is 0.727. The number of halogens is 1. The van der Waals surface area contributed by atoms with Gasteiger partial charge >= 0.3 is 0 Å². The molecule has 1 rings (SSSR count). The van der Waals surface area contributed by atoms with E-state index < -0.39 is 6.04 Å². The van der Waals surface area contributed by atoms with Crippen molar-refractivity contribution in [2.45, 2.75) is 39.3 Å². The minimum atomic E-state index is -0.591. The third-order valence-corrected chi connectivity index (χ3v) is 3.78. The number of carbonyl (C=O) groups is 2. The number of rotatable bonds is 7. The zero-order valence-corrected chi connectivity index (χ0v) is 14.8. The van der Waals surface area contributed by atoms with E-state index in [2.05, 4.69) is 26.6 Å². The summed E-state index contributed by atoms with van der Waals surface area (Å²) < 4.78 is 1.01. The minimum Gasteiger partial charge on any atom is -0.352 e. The summed E-state index contributed by atoms with van der Waals surface area (Å²) in [6.45, 7) is 5.61. The standard InChI is InChI=1S/C16H24BrN3O2/c1-10(2)15(18)16(22)19-9-14(21)20-11(3)7-12-5-4-6-13(17)8-12/h4-6,8,10-11,15H,7,9,18H2,1-3H3,(H,19,22)(H,20,21)/t11?,15-/m0/s1. The first-order valence-electron chi connectivity index (χ1n) is 7.36. The first-order valence-corrected chi connectivity index (χ1v) is 8.16. The highest BCUT2D eigenvalue weighted by molar-refractivity contribution is 9.10. The molecule has 6 heteroatoms. The molecule has 0 aliphatic heterocycles. The lowest BCUT2D eigenvalue weighted by Gasteiger charge is -2.17. The van der Waals surface area contributed by atoms with Gasteiger partial charge in [-0.15, -0.1) is 0 Å². The second-order valence-corrected chi connectivity index (χ2v) is 6.71. The Balaban J connectivity index is 2.37. The van der Waals surface area contributed by atoms with Crippen LogP contribution in [0.1, 0.15) is 26.3 Å². The normalized spacial score (nSPS) is 13.5. The van der Waals surface area contributed by atoms with Crippen LogP contribution in [0.25, 0.3) is 0 Å². The molecule has 0 spiro atoms. The molecule has 1 aromatic rings. The molecule has 122 valence electrons. The Labute approximate surface area is 140 Å². The van der Waals surface area contributed by atoms with Crippen molar-refractivity contribution in [3.63, 3.8) is 0 Å². The van der Waals surface area contributed by atoms with Gasteiger partial charge in [0.05, 0.1) is 12.6 Å². The molecular weight excluding hydrogens is 346 g/mol. The van der Waals surface area contributed by atoms with Gasteiger partial charge in [-0.1, -0.05) is 41.9 Å². The molecule has 2 atom stereocenters. The van der Waals surface area contributed by atoms with Crippen LogP contribution in [0.5, 0.6) is 0 Å². The predicted octanol–water partition coefficient (Wildman–Crippen LogP) is 1.60. The lowest BCUT2D eigenvalue weighted by molar-refractivity contribution is -0.127. The Morgan fingerprint density at radius 2 is 1.95 bits per heavy atom. The largest absolute Gasteiger partial charge is 0.352 e. The van der Waals surface area contributed by atoms with Gasteiger partial charge in [0.1, 0.15) is 0 Å². The molecule has 0 aliphatic rings. The average molecular weight is 370 g/mol. The molecule has 0 aliphatic carbocycles. The van der Waals surface area contributed by atoms with E-state index in [0.29, 0.717) is 0 Å². The van der Waals surface area contributed by atoms with Gasteiger partial charge in [-0.2, -0.15) is 0 Å². The summed E-state index contributed by atoms with van der Waals surface area (Å²) in [5.41, 5.74) is 6.85. The Morgan fingerprint density at radius 3 is 2.55 bits per heavy atom. The SMILES string of the molecule is CC(Cc1cccc(Br)c1)NC(=O)CNC(=O)[C@@H](N)C(C)C. The zero-order valence-electron chi connectivity index (χ0n) is 13.2. The van der Waals surface area contributed by atoms with Gasteiger partial charge in [-0.05, 0) is 37.0 Å². The number of benzene rings is 1. The maximum absolute atomic E-state index is 11.8. The van der Waals surface area contributed by atoms with Crippen LogP contribution in [0.4, 0.5) is 0 Å². The highest BCUT2D eigenvalue weighted by Gasteiger charge is 2.18. The first-order chi connectivity index (χ1) is 10.3. The van der Waals surface area contributed by atoms with Crippen LogP contribution in [-0.4, -0.2) is 30.4 Å². The highest BCUT2D eigenvalue weighted by Crippen LogP contribution is 2.13. The molecule has 0 saturated heterocycles. The van der Waals surface area contributed by atoms with E-state index in [-0.39, 0.29) is 30.3 Å². The molecule has 1 unspecified atom stereocenters. The summed E-state index contributed by atoms with van der Waals surface area (Å²) in [4.78, 5) is 23.5. The molecule has 22 heavy (non-hydrogen) atoms. The smallest absolute Gasteiger partial charge is 0.239 e. The van der Waals surface area contributed by atoms with Gasteiger partial charge in [-0.3, -0.25) is 9.59 Å². The van der Waals surface area contributed by atoms with Crippen LogP contribution in [0, 0.1) is 5.92 Å². The van der Waals surface area contributed by atoms with Crippen LogP contribution in [0.2, 0.25) is 0 Å². The summed E-state index contributed by atoms with van der Waals surface area (Å²) in [5.74, 6) is -0.477. The molecular formula is C16H24BrN3O2. The maximum Gasteiger partial charge on any atom is 0.239 e. The Kier molecular flexibility index (Phi) is 7.55. The van der Waals surface area contributed by atoms with E-state index in [4.69, 9.17) is 5.73 Å². The van der Waals surface area contributed by atoms with Gasteiger partial charge in [-0.25, -0.2) is 0 Å². The van der Waals surface area contributed by atoms with Crippen LogP contribution < -0.4 is 16.4 Å². The third kappa shape index (κ3) is 6.58. The Bertz CT molecular complexity index is 520. The molecule has 0 aromatic heterocycles. The summed E-state index contributed by atoms with van der Waals surface area (Å²) in [6, 6.07) is 7.34. The van der Waals surface area contributed by atoms with Crippen molar-refractivity contribution in [1.82, 2.24) is 10.6 Å². The molecule has 1 aromatic carbocycles. The topological polar surface area (TPSA) is 84.2 Å². The van der Waals surface area contributed by atoms with Crippen LogP contribution >= 0.6 is 15.9 Å².